The summed E-state index contributed by atoms with van der Waals surface area (Å²) < 4.78 is 12.3. The van der Waals surface area contributed by atoms with Crippen molar-refractivity contribution in [1.82, 2.24) is 25.2 Å². The average molecular weight is 355 g/mol. The van der Waals surface area contributed by atoms with Crippen molar-refractivity contribution < 1.29 is 14.3 Å². The molecule has 0 unspecified atom stereocenters. The van der Waals surface area contributed by atoms with E-state index in [0.717, 1.165) is 29.5 Å². The first-order chi connectivity index (χ1) is 12.6. The third kappa shape index (κ3) is 3.79. The molecule has 0 bridgehead atoms. The van der Waals surface area contributed by atoms with Gasteiger partial charge in [-0.1, -0.05) is 13.3 Å². The van der Waals surface area contributed by atoms with E-state index in [0.29, 0.717) is 23.6 Å². The van der Waals surface area contributed by atoms with Gasteiger partial charge in [-0.05, 0) is 42.0 Å². The van der Waals surface area contributed by atoms with Gasteiger partial charge >= 0.3 is 5.97 Å². The van der Waals surface area contributed by atoms with Gasteiger partial charge in [-0.15, -0.1) is 5.10 Å². The van der Waals surface area contributed by atoms with Crippen LogP contribution in [-0.2, 0) is 17.9 Å². The molecule has 3 aromatic rings. The fraction of sp³-hybridized carbons (Fsp3) is 0.389. The number of tetrazole rings is 1. The van der Waals surface area contributed by atoms with Crippen molar-refractivity contribution in [2.75, 3.05) is 7.11 Å². The van der Waals surface area contributed by atoms with Crippen LogP contribution in [0.1, 0.15) is 41.6 Å². The number of esters is 1. The molecule has 0 aliphatic carbocycles. The number of unbranched alkanes of at least 4 members (excludes halogenated alkanes) is 1. The van der Waals surface area contributed by atoms with Gasteiger partial charge in [-0.3, -0.25) is 4.98 Å². The molecule has 0 aliphatic heterocycles. The molecule has 0 N–H and O–H groups in total. The van der Waals surface area contributed by atoms with Crippen LogP contribution in [0.15, 0.2) is 24.3 Å². The van der Waals surface area contributed by atoms with E-state index in [-0.39, 0.29) is 6.61 Å². The Kier molecular flexibility index (Phi) is 5.40. The van der Waals surface area contributed by atoms with Crippen molar-refractivity contribution in [2.45, 2.75) is 39.8 Å². The maximum atomic E-state index is 12.5. The van der Waals surface area contributed by atoms with Crippen LogP contribution in [0.2, 0.25) is 0 Å². The summed E-state index contributed by atoms with van der Waals surface area (Å²) in [7, 11) is 1.61. The summed E-state index contributed by atoms with van der Waals surface area (Å²) in [6.45, 7) is 4.60. The number of hydrogen-bond donors (Lipinski definition) is 0. The van der Waals surface area contributed by atoms with Crippen molar-refractivity contribution in [1.29, 1.82) is 0 Å². The van der Waals surface area contributed by atoms with Crippen LogP contribution >= 0.6 is 0 Å². The van der Waals surface area contributed by atoms with Gasteiger partial charge in [0, 0.05) is 18.0 Å². The molecule has 0 radical (unpaired) electrons. The van der Waals surface area contributed by atoms with Crippen LogP contribution in [0.3, 0.4) is 0 Å². The average Bonchev–Trinajstić information content (AvgIpc) is 3.10. The topological polar surface area (TPSA) is 92.0 Å². The standard InChI is InChI=1S/C18H21N5O3/c1-4-5-8-23-17(20-21-22-23)11-26-18(24)15-9-13-6-7-14(25-3)10-16(13)19-12(15)2/h6-7,9-10H,4-5,8,11H2,1-3H3. The Labute approximate surface area is 151 Å². The summed E-state index contributed by atoms with van der Waals surface area (Å²) in [5.74, 6) is 0.805. The van der Waals surface area contributed by atoms with E-state index < -0.39 is 5.97 Å². The van der Waals surface area contributed by atoms with E-state index in [4.69, 9.17) is 9.47 Å². The molecule has 0 aliphatic rings. The second-order valence-electron chi connectivity index (χ2n) is 5.93. The molecule has 0 saturated heterocycles. The molecule has 3 rings (SSSR count). The molecule has 2 aromatic heterocycles. The van der Waals surface area contributed by atoms with Gasteiger partial charge in [0.05, 0.1) is 23.9 Å². The maximum absolute atomic E-state index is 12.5. The zero-order valence-electron chi connectivity index (χ0n) is 15.1. The van der Waals surface area contributed by atoms with Crippen LogP contribution in [0, 0.1) is 6.92 Å². The highest BCUT2D eigenvalue weighted by Crippen LogP contribution is 2.22. The number of carbonyl (C=O) groups excluding carboxylic acids is 1. The molecule has 136 valence electrons. The van der Waals surface area contributed by atoms with Gasteiger partial charge in [0.25, 0.3) is 0 Å². The first kappa shape index (κ1) is 17.8. The monoisotopic (exact) mass is 355 g/mol. The van der Waals surface area contributed by atoms with Crippen molar-refractivity contribution in [3.05, 3.63) is 41.3 Å². The van der Waals surface area contributed by atoms with Gasteiger partial charge < -0.3 is 9.47 Å². The molecule has 0 spiro atoms. The number of benzene rings is 1. The first-order valence-corrected chi connectivity index (χ1v) is 8.50. The molecule has 0 atom stereocenters. The van der Waals surface area contributed by atoms with E-state index in [9.17, 15) is 4.79 Å². The van der Waals surface area contributed by atoms with E-state index in [1.54, 1.807) is 24.8 Å². The normalized spacial score (nSPS) is 10.9. The Morgan fingerprint density at radius 3 is 2.88 bits per heavy atom. The Morgan fingerprint density at radius 2 is 2.12 bits per heavy atom. The van der Waals surface area contributed by atoms with Crippen molar-refractivity contribution in [3.8, 4) is 5.75 Å². The first-order valence-electron chi connectivity index (χ1n) is 8.50. The lowest BCUT2D eigenvalue weighted by Gasteiger charge is -2.09. The number of aryl methyl sites for hydroxylation is 2. The van der Waals surface area contributed by atoms with Crippen LogP contribution in [0.25, 0.3) is 10.9 Å². The van der Waals surface area contributed by atoms with Crippen LogP contribution < -0.4 is 4.74 Å². The number of nitrogens with zero attached hydrogens (tertiary/aromatic N) is 5. The zero-order chi connectivity index (χ0) is 18.5. The predicted octanol–water partition coefficient (Wildman–Crippen LogP) is 2.70. The van der Waals surface area contributed by atoms with Crippen molar-refractivity contribution in [2.24, 2.45) is 0 Å². The van der Waals surface area contributed by atoms with E-state index in [1.165, 1.54) is 0 Å². The maximum Gasteiger partial charge on any atom is 0.340 e. The summed E-state index contributed by atoms with van der Waals surface area (Å²) in [6, 6.07) is 7.30. The number of rotatable bonds is 7. The fourth-order valence-electron chi connectivity index (χ4n) is 2.59. The van der Waals surface area contributed by atoms with Gasteiger partial charge in [-0.25, -0.2) is 9.48 Å². The third-order valence-electron chi connectivity index (χ3n) is 4.10. The minimum Gasteiger partial charge on any atom is -0.497 e. The van der Waals surface area contributed by atoms with E-state index in [1.807, 2.05) is 18.2 Å². The summed E-state index contributed by atoms with van der Waals surface area (Å²) in [5, 5.41) is 12.3. The second kappa shape index (κ2) is 7.90. The lowest BCUT2D eigenvalue weighted by atomic mass is 10.1. The summed E-state index contributed by atoms with van der Waals surface area (Å²) in [5.41, 5.74) is 1.79. The lowest BCUT2D eigenvalue weighted by Crippen LogP contribution is -2.12. The number of pyridine rings is 1. The third-order valence-corrected chi connectivity index (χ3v) is 4.10. The van der Waals surface area contributed by atoms with Crippen molar-refractivity contribution in [3.63, 3.8) is 0 Å². The summed E-state index contributed by atoms with van der Waals surface area (Å²) >= 11 is 0. The summed E-state index contributed by atoms with van der Waals surface area (Å²) in [6.07, 6.45) is 2.00. The quantitative estimate of drug-likeness (QED) is 0.602. The van der Waals surface area contributed by atoms with Gasteiger partial charge in [-0.2, -0.15) is 0 Å². The fourth-order valence-corrected chi connectivity index (χ4v) is 2.59. The molecule has 0 amide bonds. The number of aromatic nitrogens is 5. The number of fused-ring (bicyclic) bond motifs is 1. The SMILES string of the molecule is CCCCn1nnnc1COC(=O)c1cc2ccc(OC)cc2nc1C. The highest BCUT2D eigenvalue weighted by molar-refractivity contribution is 5.95. The van der Waals surface area contributed by atoms with Crippen molar-refractivity contribution >= 4 is 16.9 Å². The summed E-state index contributed by atoms with van der Waals surface area (Å²) in [4.78, 5) is 17.0. The van der Waals surface area contributed by atoms with Crippen LogP contribution in [0.4, 0.5) is 0 Å². The highest BCUT2D eigenvalue weighted by Gasteiger charge is 2.15. The number of methoxy groups -OCH3 is 1. The minimum atomic E-state index is -0.447. The van der Waals surface area contributed by atoms with Gasteiger partial charge in [0.1, 0.15) is 5.75 Å². The Morgan fingerprint density at radius 1 is 1.27 bits per heavy atom. The Bertz CT molecular complexity index is 922. The number of hydrogen-bond acceptors (Lipinski definition) is 7. The minimum absolute atomic E-state index is 0.0234. The van der Waals surface area contributed by atoms with Gasteiger partial charge in [0.15, 0.2) is 12.4 Å². The molecule has 1 aromatic carbocycles. The molecular formula is C18H21N5O3. The molecule has 8 nitrogen and oxygen atoms in total. The molecular weight excluding hydrogens is 334 g/mol. The number of carbonyl (C=O) groups is 1. The van der Waals surface area contributed by atoms with Crippen LogP contribution in [0.5, 0.6) is 5.75 Å². The predicted molar refractivity (Wildman–Crippen MR) is 94.9 cm³/mol. The second-order valence-corrected chi connectivity index (χ2v) is 5.93. The smallest absolute Gasteiger partial charge is 0.340 e. The molecule has 26 heavy (non-hydrogen) atoms. The molecule has 8 heteroatoms. The van der Waals surface area contributed by atoms with E-state index >= 15 is 0 Å². The van der Waals surface area contributed by atoms with Gasteiger partial charge in [0.2, 0.25) is 0 Å². The van der Waals surface area contributed by atoms with E-state index in [2.05, 4.69) is 27.4 Å². The lowest BCUT2D eigenvalue weighted by molar-refractivity contribution is 0.0455. The van der Waals surface area contributed by atoms with Crippen LogP contribution in [-0.4, -0.2) is 38.3 Å². The zero-order valence-corrected chi connectivity index (χ0v) is 15.1. The molecule has 0 saturated carbocycles. The Hall–Kier alpha value is -3.03. The number of ether oxygens (including phenoxy) is 2. The Balaban J connectivity index is 1.75. The largest absolute Gasteiger partial charge is 0.497 e. The molecule has 0 fully saturated rings. The molecule has 2 heterocycles. The highest BCUT2D eigenvalue weighted by atomic mass is 16.5.